The molecular weight excluding hydrogens is 410 g/mol. The molecule has 1 atom stereocenters. The molecule has 0 unspecified atom stereocenters. The predicted octanol–water partition coefficient (Wildman–Crippen LogP) is 2.56. The molecule has 0 aliphatic carbocycles. The van der Waals surface area contributed by atoms with Crippen LogP contribution in [-0.4, -0.2) is 44.7 Å². The first kappa shape index (κ1) is 23.1. The van der Waals surface area contributed by atoms with Gasteiger partial charge in [0.05, 0.1) is 23.4 Å². The third kappa shape index (κ3) is 5.93. The largest absolute Gasteiger partial charge is 0.491 e. The van der Waals surface area contributed by atoms with Gasteiger partial charge in [0.25, 0.3) is 5.69 Å². The quantitative estimate of drug-likeness (QED) is 0.367. The molecule has 0 bridgehead atoms. The van der Waals surface area contributed by atoms with Crippen molar-refractivity contribution in [3.8, 4) is 5.75 Å². The molecule has 0 aromatic heterocycles. The lowest BCUT2D eigenvalue weighted by Crippen LogP contribution is -2.48. The van der Waals surface area contributed by atoms with Gasteiger partial charge in [0, 0.05) is 12.1 Å². The Morgan fingerprint density at radius 2 is 1.93 bits per heavy atom. The molecule has 2 rings (SSSR count). The molecule has 0 spiro atoms. The van der Waals surface area contributed by atoms with Gasteiger partial charge in [0.2, 0.25) is 15.9 Å². The maximum atomic E-state index is 12.5. The number of ether oxygens (including phenoxy) is 1. The normalized spacial score (nSPS) is 12.1. The minimum Gasteiger partial charge on any atom is -0.491 e. The van der Waals surface area contributed by atoms with E-state index in [0.29, 0.717) is 5.75 Å². The van der Waals surface area contributed by atoms with Gasteiger partial charge in [0.1, 0.15) is 18.4 Å². The summed E-state index contributed by atoms with van der Waals surface area (Å²) < 4.78 is 31.1. The van der Waals surface area contributed by atoms with Gasteiger partial charge in [-0.2, -0.15) is 0 Å². The van der Waals surface area contributed by atoms with Crippen LogP contribution in [0.25, 0.3) is 0 Å². The molecule has 0 aliphatic rings. The van der Waals surface area contributed by atoms with Gasteiger partial charge in [-0.3, -0.25) is 19.2 Å². The van der Waals surface area contributed by atoms with E-state index in [2.05, 4.69) is 5.32 Å². The highest BCUT2D eigenvalue weighted by atomic mass is 32.2. The SMILES string of the molecule is Cc1ccc(C)c(OCCNC(=O)[C@H](C)N(c2cccc([N+](=O)[O-])c2)S(C)(=O)=O)c1. The number of nitro groups is 1. The number of nitro benzene ring substituents is 1. The van der Waals surface area contributed by atoms with Crippen molar-refractivity contribution in [1.82, 2.24) is 5.32 Å². The molecule has 9 nitrogen and oxygen atoms in total. The van der Waals surface area contributed by atoms with Gasteiger partial charge in [-0.15, -0.1) is 0 Å². The first-order valence-corrected chi connectivity index (χ1v) is 11.1. The summed E-state index contributed by atoms with van der Waals surface area (Å²) in [5.41, 5.74) is 1.79. The van der Waals surface area contributed by atoms with Crippen LogP contribution in [0.1, 0.15) is 18.1 Å². The number of carbonyl (C=O) groups is 1. The molecule has 0 radical (unpaired) electrons. The molecule has 1 N–H and O–H groups in total. The monoisotopic (exact) mass is 435 g/mol. The molecule has 0 aliphatic heterocycles. The minimum atomic E-state index is -3.87. The number of amides is 1. The average Bonchev–Trinajstić information content (AvgIpc) is 2.66. The van der Waals surface area contributed by atoms with Crippen LogP contribution in [0.3, 0.4) is 0 Å². The summed E-state index contributed by atoms with van der Waals surface area (Å²) in [6.07, 6.45) is 0.944. The van der Waals surface area contributed by atoms with E-state index >= 15 is 0 Å². The second-order valence-corrected chi connectivity index (χ2v) is 8.78. The Bertz CT molecular complexity index is 1040. The maximum Gasteiger partial charge on any atom is 0.271 e. The van der Waals surface area contributed by atoms with Gasteiger partial charge in [0.15, 0.2) is 0 Å². The third-order valence-electron chi connectivity index (χ3n) is 4.39. The summed E-state index contributed by atoms with van der Waals surface area (Å²) in [7, 11) is -3.87. The molecule has 2 aromatic carbocycles. The van der Waals surface area contributed by atoms with E-state index in [-0.39, 0.29) is 24.5 Å². The molecular formula is C20H25N3O6S. The van der Waals surface area contributed by atoms with Crippen LogP contribution in [0.2, 0.25) is 0 Å². The van der Waals surface area contributed by atoms with Crippen molar-refractivity contribution in [2.75, 3.05) is 23.7 Å². The molecule has 0 heterocycles. The fraction of sp³-hybridized carbons (Fsp3) is 0.350. The van der Waals surface area contributed by atoms with Crippen LogP contribution in [0.4, 0.5) is 11.4 Å². The number of rotatable bonds is 9. The third-order valence-corrected chi connectivity index (χ3v) is 5.63. The Kier molecular flexibility index (Phi) is 7.38. The molecule has 0 saturated heterocycles. The topological polar surface area (TPSA) is 119 Å². The van der Waals surface area contributed by atoms with Gasteiger partial charge >= 0.3 is 0 Å². The Morgan fingerprint density at radius 1 is 1.23 bits per heavy atom. The van der Waals surface area contributed by atoms with Gasteiger partial charge < -0.3 is 10.1 Å². The van der Waals surface area contributed by atoms with Crippen LogP contribution >= 0.6 is 0 Å². The van der Waals surface area contributed by atoms with Crippen molar-refractivity contribution in [1.29, 1.82) is 0 Å². The summed E-state index contributed by atoms with van der Waals surface area (Å²) in [5.74, 6) is 0.170. The zero-order valence-corrected chi connectivity index (χ0v) is 18.1. The van der Waals surface area contributed by atoms with Crippen molar-refractivity contribution in [2.45, 2.75) is 26.8 Å². The average molecular weight is 436 g/mol. The Morgan fingerprint density at radius 3 is 2.57 bits per heavy atom. The van der Waals surface area contributed by atoms with E-state index < -0.39 is 26.9 Å². The van der Waals surface area contributed by atoms with E-state index in [1.165, 1.54) is 25.1 Å². The fourth-order valence-electron chi connectivity index (χ4n) is 2.90. The van der Waals surface area contributed by atoms with E-state index in [1.807, 2.05) is 32.0 Å². The Balaban J connectivity index is 2.06. The van der Waals surface area contributed by atoms with Gasteiger partial charge in [-0.05, 0) is 44.0 Å². The highest BCUT2D eigenvalue weighted by Crippen LogP contribution is 2.25. The summed E-state index contributed by atoms with van der Waals surface area (Å²) in [5, 5.41) is 13.7. The van der Waals surface area contributed by atoms with E-state index in [9.17, 15) is 23.3 Å². The zero-order chi connectivity index (χ0) is 22.5. The number of nitrogens with one attached hydrogen (secondary N) is 1. The van der Waals surface area contributed by atoms with Crippen molar-refractivity contribution >= 4 is 27.3 Å². The van der Waals surface area contributed by atoms with Crippen LogP contribution in [0, 0.1) is 24.0 Å². The van der Waals surface area contributed by atoms with Crippen LogP contribution in [-0.2, 0) is 14.8 Å². The van der Waals surface area contributed by atoms with E-state index in [0.717, 1.165) is 27.8 Å². The predicted molar refractivity (Wildman–Crippen MR) is 114 cm³/mol. The Hall–Kier alpha value is -3.14. The summed E-state index contributed by atoms with van der Waals surface area (Å²) in [6.45, 7) is 5.66. The highest BCUT2D eigenvalue weighted by molar-refractivity contribution is 7.92. The van der Waals surface area contributed by atoms with Crippen molar-refractivity contribution in [3.63, 3.8) is 0 Å². The highest BCUT2D eigenvalue weighted by Gasteiger charge is 2.29. The van der Waals surface area contributed by atoms with Gasteiger partial charge in [-0.1, -0.05) is 18.2 Å². The molecule has 0 saturated carbocycles. The molecule has 1 amide bonds. The number of sulfonamides is 1. The first-order chi connectivity index (χ1) is 14.0. The molecule has 30 heavy (non-hydrogen) atoms. The molecule has 162 valence electrons. The number of aryl methyl sites for hydroxylation is 2. The lowest BCUT2D eigenvalue weighted by molar-refractivity contribution is -0.384. The second-order valence-electron chi connectivity index (χ2n) is 6.92. The van der Waals surface area contributed by atoms with Crippen molar-refractivity contribution in [3.05, 3.63) is 63.7 Å². The number of carbonyl (C=O) groups excluding carboxylic acids is 1. The number of benzene rings is 2. The van der Waals surface area contributed by atoms with Crippen LogP contribution in [0.15, 0.2) is 42.5 Å². The molecule has 0 fully saturated rings. The lowest BCUT2D eigenvalue weighted by Gasteiger charge is -2.28. The first-order valence-electron chi connectivity index (χ1n) is 9.22. The minimum absolute atomic E-state index is 0.0426. The lowest BCUT2D eigenvalue weighted by atomic mass is 10.1. The van der Waals surface area contributed by atoms with Crippen molar-refractivity contribution in [2.24, 2.45) is 0 Å². The van der Waals surface area contributed by atoms with Crippen LogP contribution < -0.4 is 14.4 Å². The second kappa shape index (κ2) is 9.57. The van der Waals surface area contributed by atoms with E-state index in [1.54, 1.807) is 0 Å². The molecule has 10 heteroatoms. The number of nitrogens with zero attached hydrogens (tertiary/aromatic N) is 2. The van der Waals surface area contributed by atoms with E-state index in [4.69, 9.17) is 4.74 Å². The van der Waals surface area contributed by atoms with Gasteiger partial charge in [-0.25, -0.2) is 8.42 Å². The Labute approximate surface area is 175 Å². The molecule has 2 aromatic rings. The van der Waals surface area contributed by atoms with Crippen molar-refractivity contribution < 1.29 is 22.9 Å². The smallest absolute Gasteiger partial charge is 0.271 e. The fourth-order valence-corrected chi connectivity index (χ4v) is 4.06. The summed E-state index contributed by atoms with van der Waals surface area (Å²) in [4.78, 5) is 22.9. The zero-order valence-electron chi connectivity index (χ0n) is 17.3. The number of anilines is 1. The standard InChI is InChI=1S/C20H25N3O6S/c1-14-8-9-15(2)19(12-14)29-11-10-21-20(24)16(3)22(30(4,27)28)17-6-5-7-18(13-17)23(25)26/h5-9,12-13,16H,10-11H2,1-4H3,(H,21,24)/t16-/m0/s1. The summed E-state index contributed by atoms with van der Waals surface area (Å²) >= 11 is 0. The number of non-ortho nitro benzene ring substituents is 1. The maximum absolute atomic E-state index is 12.5. The summed E-state index contributed by atoms with van der Waals surface area (Å²) in [6, 6.07) is 9.84. The van der Waals surface area contributed by atoms with Crippen LogP contribution in [0.5, 0.6) is 5.75 Å². The number of hydrogen-bond acceptors (Lipinski definition) is 6. The number of hydrogen-bond donors (Lipinski definition) is 1.